The van der Waals surface area contributed by atoms with E-state index in [2.05, 4.69) is 205 Å². The number of fused-ring (bicyclic) bond motifs is 9. The van der Waals surface area contributed by atoms with E-state index in [9.17, 15) is 0 Å². The summed E-state index contributed by atoms with van der Waals surface area (Å²) in [5, 5.41) is 7.04. The van der Waals surface area contributed by atoms with Crippen LogP contribution < -0.4 is 0 Å². The molecule has 4 aromatic heterocycles. The summed E-state index contributed by atoms with van der Waals surface area (Å²) in [5.74, 6) is 1.79. The first-order valence-electron chi connectivity index (χ1n) is 21.1. The van der Waals surface area contributed by atoms with Gasteiger partial charge in [-0.15, -0.1) is 11.3 Å². The maximum Gasteiger partial charge on any atom is 0.164 e. The molecule has 0 aliphatic heterocycles. The second-order valence-corrected chi connectivity index (χ2v) is 17.1. The zero-order chi connectivity index (χ0) is 41.4. The van der Waals surface area contributed by atoms with E-state index >= 15 is 0 Å². The van der Waals surface area contributed by atoms with Crippen LogP contribution in [-0.2, 0) is 0 Å². The topological polar surface area (TPSA) is 56.7 Å². The summed E-state index contributed by atoms with van der Waals surface area (Å²) in [4.78, 5) is 15.7. The van der Waals surface area contributed by atoms with Crippen LogP contribution in [0.2, 0.25) is 0 Å². The quantitative estimate of drug-likeness (QED) is 0.168. The molecule has 0 radical (unpaired) electrons. The van der Waals surface area contributed by atoms with E-state index in [0.29, 0.717) is 17.5 Å². The van der Waals surface area contributed by atoms with Crippen LogP contribution >= 0.6 is 11.3 Å². The average Bonchev–Trinajstić information content (AvgIpc) is 4.03. The van der Waals surface area contributed by atoms with Gasteiger partial charge in [0, 0.05) is 70.2 Å². The average molecular weight is 823 g/mol. The van der Waals surface area contributed by atoms with Gasteiger partial charge in [0.1, 0.15) is 11.2 Å². The largest absolute Gasteiger partial charge is 0.456 e. The Morgan fingerprint density at radius 1 is 0.349 bits per heavy atom. The van der Waals surface area contributed by atoms with Gasteiger partial charge < -0.3 is 8.98 Å². The molecule has 13 aromatic rings. The molecule has 0 unspecified atom stereocenters. The third-order valence-corrected chi connectivity index (χ3v) is 13.4. The Kier molecular flexibility index (Phi) is 8.01. The van der Waals surface area contributed by atoms with Crippen molar-refractivity contribution in [1.29, 1.82) is 0 Å². The number of rotatable bonds is 6. The van der Waals surface area contributed by atoms with Crippen LogP contribution in [0.1, 0.15) is 0 Å². The number of nitrogens with zero attached hydrogens (tertiary/aromatic N) is 4. The van der Waals surface area contributed by atoms with E-state index in [1.54, 1.807) is 11.3 Å². The molecule has 13 rings (SSSR count). The lowest BCUT2D eigenvalue weighted by Crippen LogP contribution is -2.00. The van der Waals surface area contributed by atoms with Crippen molar-refractivity contribution in [1.82, 2.24) is 19.5 Å². The summed E-state index contributed by atoms with van der Waals surface area (Å²) in [5.41, 5.74) is 12.3. The molecule has 294 valence electrons. The number of para-hydroxylation sites is 2. The number of hydrogen-bond acceptors (Lipinski definition) is 5. The van der Waals surface area contributed by atoms with Crippen LogP contribution in [0.3, 0.4) is 0 Å². The molecule has 0 amide bonds. The molecule has 0 aliphatic rings. The summed E-state index contributed by atoms with van der Waals surface area (Å²) < 4.78 is 11.5. The lowest BCUT2D eigenvalue weighted by Gasteiger charge is -2.11. The first-order chi connectivity index (χ1) is 31.2. The number of furan rings is 1. The minimum atomic E-state index is 0.577. The molecule has 0 atom stereocenters. The molecular formula is C57H34N4OS. The van der Waals surface area contributed by atoms with Crippen LogP contribution in [0.25, 0.3) is 126 Å². The van der Waals surface area contributed by atoms with Crippen LogP contribution in [0, 0.1) is 0 Å². The minimum Gasteiger partial charge on any atom is -0.456 e. The molecule has 0 fully saturated rings. The molecule has 6 heteroatoms. The summed E-state index contributed by atoms with van der Waals surface area (Å²) >= 11 is 1.80. The zero-order valence-corrected chi connectivity index (χ0v) is 34.6. The highest BCUT2D eigenvalue weighted by Gasteiger charge is 2.20. The van der Waals surface area contributed by atoms with Gasteiger partial charge in [-0.05, 0) is 76.9 Å². The Hall–Kier alpha value is -8.19. The Labute approximate surface area is 365 Å². The Morgan fingerprint density at radius 3 is 1.59 bits per heavy atom. The Morgan fingerprint density at radius 2 is 0.873 bits per heavy atom. The SMILES string of the molecule is c1ccc(-c2ccc(-c3nc(-c4ccc5c(c4)oc4cc(-n6c7ccccc7c7ccccc76)ccc45)nc(-c4cc(-c5ccccc5)c5c(c4)sc4ccccc45)n3)cc2)cc1. The first kappa shape index (κ1) is 35.6. The van der Waals surface area contributed by atoms with Crippen LogP contribution in [0.5, 0.6) is 0 Å². The maximum atomic E-state index is 6.72. The number of hydrogen-bond donors (Lipinski definition) is 0. The van der Waals surface area contributed by atoms with Crippen LogP contribution in [0.15, 0.2) is 211 Å². The molecule has 4 heterocycles. The first-order valence-corrected chi connectivity index (χ1v) is 21.9. The summed E-state index contributed by atoms with van der Waals surface area (Å²) in [6.45, 7) is 0. The maximum absolute atomic E-state index is 6.72. The van der Waals surface area contributed by atoms with Gasteiger partial charge in [-0.1, -0.05) is 146 Å². The Balaban J connectivity index is 0.977. The fraction of sp³-hybridized carbons (Fsp3) is 0. The van der Waals surface area contributed by atoms with Crippen LogP contribution in [-0.4, -0.2) is 19.5 Å². The van der Waals surface area contributed by atoms with E-state index in [-0.39, 0.29) is 0 Å². The number of thiophene rings is 1. The smallest absolute Gasteiger partial charge is 0.164 e. The van der Waals surface area contributed by atoms with E-state index < -0.39 is 0 Å². The van der Waals surface area contributed by atoms with Gasteiger partial charge in [0.15, 0.2) is 17.5 Å². The fourth-order valence-corrected chi connectivity index (χ4v) is 10.5. The van der Waals surface area contributed by atoms with Crippen molar-refractivity contribution in [3.05, 3.63) is 206 Å². The summed E-state index contributed by atoms with van der Waals surface area (Å²) in [6.07, 6.45) is 0. The molecule has 0 N–H and O–H groups in total. The Bertz CT molecular complexity index is 3850. The van der Waals surface area contributed by atoms with Gasteiger partial charge in [0.2, 0.25) is 0 Å². The van der Waals surface area contributed by atoms with E-state index in [4.69, 9.17) is 19.4 Å². The van der Waals surface area contributed by atoms with Gasteiger partial charge in [-0.3, -0.25) is 0 Å². The summed E-state index contributed by atoms with van der Waals surface area (Å²) in [7, 11) is 0. The van der Waals surface area contributed by atoms with E-state index in [0.717, 1.165) is 77.6 Å². The lowest BCUT2D eigenvalue weighted by molar-refractivity contribution is 0.668. The standard InChI is InChI=1S/C57H34N4OS/c1-3-13-35(14-4-1)36-23-25-38(26-24-36)55-58-56(60-57(59-55)40-31-47(37-15-5-2-6-16-37)54-46-19-9-12-22-52(46)63-53(54)33-40)39-27-29-44-45-30-28-41(34-51(45)62-50(44)32-39)61-48-20-10-7-17-42(48)43-18-8-11-21-49(43)61/h1-34H. The van der Waals surface area contributed by atoms with Gasteiger partial charge in [-0.25, -0.2) is 15.0 Å². The highest BCUT2D eigenvalue weighted by atomic mass is 32.1. The van der Waals surface area contributed by atoms with Crippen molar-refractivity contribution >= 4 is 75.3 Å². The molecule has 5 nitrogen and oxygen atoms in total. The minimum absolute atomic E-state index is 0.577. The van der Waals surface area contributed by atoms with E-state index in [1.807, 2.05) is 6.07 Å². The molecule has 0 bridgehead atoms. The predicted molar refractivity (Wildman–Crippen MR) is 262 cm³/mol. The van der Waals surface area contributed by atoms with Crippen molar-refractivity contribution in [2.24, 2.45) is 0 Å². The lowest BCUT2D eigenvalue weighted by atomic mass is 9.97. The zero-order valence-electron chi connectivity index (χ0n) is 33.7. The van der Waals surface area contributed by atoms with Crippen molar-refractivity contribution in [2.75, 3.05) is 0 Å². The number of aromatic nitrogens is 4. The molecule has 9 aromatic carbocycles. The predicted octanol–water partition coefficient (Wildman–Crippen LogP) is 15.6. The van der Waals surface area contributed by atoms with Gasteiger partial charge in [0.05, 0.1) is 11.0 Å². The van der Waals surface area contributed by atoms with E-state index in [1.165, 1.54) is 30.9 Å². The second kappa shape index (κ2) is 14.2. The fourth-order valence-electron chi connectivity index (χ4n) is 9.28. The van der Waals surface area contributed by atoms with Gasteiger partial charge in [-0.2, -0.15) is 0 Å². The highest BCUT2D eigenvalue weighted by molar-refractivity contribution is 7.26. The monoisotopic (exact) mass is 822 g/mol. The summed E-state index contributed by atoms with van der Waals surface area (Å²) in [6, 6.07) is 72.6. The highest BCUT2D eigenvalue weighted by Crippen LogP contribution is 2.43. The molecule has 0 spiro atoms. The van der Waals surface area contributed by atoms with Gasteiger partial charge in [0.25, 0.3) is 0 Å². The molecule has 0 saturated carbocycles. The molecule has 0 aliphatic carbocycles. The number of benzene rings is 9. The molecule has 0 saturated heterocycles. The third-order valence-electron chi connectivity index (χ3n) is 12.3. The third kappa shape index (κ3) is 5.87. The van der Waals surface area contributed by atoms with Crippen molar-refractivity contribution in [3.63, 3.8) is 0 Å². The normalized spacial score (nSPS) is 11.8. The molecule has 63 heavy (non-hydrogen) atoms. The van der Waals surface area contributed by atoms with Crippen LogP contribution in [0.4, 0.5) is 0 Å². The van der Waals surface area contributed by atoms with Gasteiger partial charge >= 0.3 is 0 Å². The van der Waals surface area contributed by atoms with Crippen molar-refractivity contribution in [3.8, 4) is 62.1 Å². The second-order valence-electron chi connectivity index (χ2n) is 16.0. The van der Waals surface area contributed by atoms with Crippen molar-refractivity contribution < 1.29 is 4.42 Å². The molecular weight excluding hydrogens is 789 g/mol. The van der Waals surface area contributed by atoms with Crippen molar-refractivity contribution in [2.45, 2.75) is 0 Å².